The molecule has 2 atom stereocenters. The summed E-state index contributed by atoms with van der Waals surface area (Å²) in [6.45, 7) is 2.68. The Morgan fingerprint density at radius 3 is 2.53 bits per heavy atom. The highest BCUT2D eigenvalue weighted by Gasteiger charge is 2.53. The van der Waals surface area contributed by atoms with Crippen molar-refractivity contribution >= 4 is 29.2 Å². The molecule has 1 amide bonds. The number of aliphatic hydroxyl groups is 1. The number of ether oxygens (including phenoxy) is 1. The van der Waals surface area contributed by atoms with E-state index in [1.807, 2.05) is 17.5 Å². The standard InChI is InChI=1S/C25H32N4O4S/c30-22(28-24-26-11-5-12-27-24)17-29-13-9-18(10-14-29)20(16-29)33-23(31)25(32,21-8-4-15-34-21)19-6-2-1-3-7-19/h4-5,8,11-12,15,18-20,32H,1-3,6-7,9-10,13-14,16-17H2/p+1/t18?,20-,25?,29?/m0/s1. The monoisotopic (exact) mass is 485 g/mol. The Bertz CT molecular complexity index is 988. The predicted molar refractivity (Wildman–Crippen MR) is 128 cm³/mol. The zero-order chi connectivity index (χ0) is 23.6. The van der Waals surface area contributed by atoms with E-state index in [0.717, 1.165) is 58.0 Å². The van der Waals surface area contributed by atoms with Gasteiger partial charge in [0.05, 0.1) is 13.1 Å². The lowest BCUT2D eigenvalue weighted by molar-refractivity contribution is -0.939. The van der Waals surface area contributed by atoms with Crippen molar-refractivity contribution in [3.05, 3.63) is 40.8 Å². The summed E-state index contributed by atoms with van der Waals surface area (Å²) < 4.78 is 6.73. The van der Waals surface area contributed by atoms with Gasteiger partial charge in [-0.2, -0.15) is 0 Å². The first-order valence-electron chi connectivity index (χ1n) is 12.4. The number of thiophene rings is 1. The number of hydrogen-bond acceptors (Lipinski definition) is 7. The molecule has 1 aliphatic carbocycles. The van der Waals surface area contributed by atoms with Gasteiger partial charge in [0, 0.05) is 41.9 Å². The third-order valence-corrected chi connectivity index (χ3v) is 8.99. The number of anilines is 1. The highest BCUT2D eigenvalue weighted by molar-refractivity contribution is 7.10. The second-order valence-corrected chi connectivity index (χ2v) is 11.1. The molecule has 2 N–H and O–H groups in total. The van der Waals surface area contributed by atoms with Crippen LogP contribution in [0.15, 0.2) is 36.0 Å². The maximum absolute atomic E-state index is 13.6. The van der Waals surface area contributed by atoms with Crippen molar-refractivity contribution in [2.45, 2.75) is 56.7 Å². The van der Waals surface area contributed by atoms with Crippen LogP contribution in [-0.2, 0) is 19.9 Å². The Morgan fingerprint density at radius 2 is 1.85 bits per heavy atom. The molecule has 2 aromatic rings. The van der Waals surface area contributed by atoms with Gasteiger partial charge in [0.1, 0.15) is 6.54 Å². The minimum atomic E-state index is -1.59. The number of aromatic nitrogens is 2. The zero-order valence-corrected chi connectivity index (χ0v) is 20.2. The van der Waals surface area contributed by atoms with E-state index < -0.39 is 11.6 Å². The lowest BCUT2D eigenvalue weighted by Crippen LogP contribution is -2.66. The number of esters is 1. The molecule has 2 aromatic heterocycles. The van der Waals surface area contributed by atoms with Gasteiger partial charge in [0.25, 0.3) is 5.91 Å². The molecular weight excluding hydrogens is 452 g/mol. The molecule has 6 rings (SSSR count). The van der Waals surface area contributed by atoms with E-state index in [0.29, 0.717) is 28.4 Å². The number of fused-ring (bicyclic) bond motifs is 3. The molecule has 1 saturated carbocycles. The van der Waals surface area contributed by atoms with Gasteiger partial charge in [-0.3, -0.25) is 10.1 Å². The molecule has 0 radical (unpaired) electrons. The Morgan fingerprint density at radius 1 is 1.12 bits per heavy atom. The van der Waals surface area contributed by atoms with Crippen molar-refractivity contribution in [2.75, 3.05) is 31.5 Å². The first kappa shape index (κ1) is 23.4. The number of amides is 1. The number of rotatable bonds is 7. The molecule has 3 aliphatic heterocycles. The van der Waals surface area contributed by atoms with Crippen LogP contribution in [0.2, 0.25) is 0 Å². The Kier molecular flexibility index (Phi) is 6.68. The molecule has 4 fully saturated rings. The van der Waals surface area contributed by atoms with Crippen LogP contribution in [0.5, 0.6) is 0 Å². The van der Waals surface area contributed by atoms with E-state index in [9.17, 15) is 14.7 Å². The van der Waals surface area contributed by atoms with Crippen LogP contribution < -0.4 is 5.32 Å². The molecule has 34 heavy (non-hydrogen) atoms. The van der Waals surface area contributed by atoms with Gasteiger partial charge in [-0.25, -0.2) is 14.8 Å². The van der Waals surface area contributed by atoms with E-state index in [4.69, 9.17) is 4.74 Å². The van der Waals surface area contributed by atoms with Gasteiger partial charge in [0.15, 0.2) is 18.2 Å². The van der Waals surface area contributed by atoms with Crippen molar-refractivity contribution in [1.82, 2.24) is 9.97 Å². The summed E-state index contributed by atoms with van der Waals surface area (Å²) in [4.78, 5) is 35.2. The van der Waals surface area contributed by atoms with Gasteiger partial charge >= 0.3 is 5.97 Å². The molecule has 5 heterocycles. The topological polar surface area (TPSA) is 101 Å². The quantitative estimate of drug-likeness (QED) is 0.462. The SMILES string of the molecule is O=C(C[N+]12CCC(CC1)[C@@H](OC(=O)C(O)(c1cccs1)C1CCCCC1)C2)Nc1ncccn1. The van der Waals surface area contributed by atoms with Crippen molar-refractivity contribution in [3.63, 3.8) is 0 Å². The van der Waals surface area contributed by atoms with Crippen LogP contribution in [0.4, 0.5) is 5.95 Å². The van der Waals surface area contributed by atoms with Gasteiger partial charge in [0.2, 0.25) is 5.95 Å². The average molecular weight is 486 g/mol. The third kappa shape index (κ3) is 4.61. The van der Waals surface area contributed by atoms with E-state index >= 15 is 0 Å². The minimum absolute atomic E-state index is 0.117. The largest absolute Gasteiger partial charge is 0.454 e. The molecule has 8 nitrogen and oxygen atoms in total. The van der Waals surface area contributed by atoms with Crippen LogP contribution >= 0.6 is 11.3 Å². The Hall–Kier alpha value is -2.36. The van der Waals surface area contributed by atoms with E-state index in [1.54, 1.807) is 18.5 Å². The van der Waals surface area contributed by atoms with Crippen molar-refractivity contribution in [3.8, 4) is 0 Å². The smallest absolute Gasteiger partial charge is 0.344 e. The van der Waals surface area contributed by atoms with Gasteiger partial charge in [-0.15, -0.1) is 11.3 Å². The molecule has 0 spiro atoms. The summed E-state index contributed by atoms with van der Waals surface area (Å²) in [7, 11) is 0. The number of quaternary nitrogens is 1. The number of piperidine rings is 3. The number of hydrogen-bond donors (Lipinski definition) is 2. The van der Waals surface area contributed by atoms with Gasteiger partial charge in [-0.05, 0) is 30.4 Å². The van der Waals surface area contributed by atoms with Crippen LogP contribution in [-0.4, -0.2) is 63.7 Å². The van der Waals surface area contributed by atoms with Crippen LogP contribution in [0.3, 0.4) is 0 Å². The molecule has 182 valence electrons. The minimum Gasteiger partial charge on any atom is -0.454 e. The summed E-state index contributed by atoms with van der Waals surface area (Å²) in [6.07, 6.45) is 9.59. The summed E-state index contributed by atoms with van der Waals surface area (Å²) in [5.74, 6) is -0.180. The van der Waals surface area contributed by atoms with Gasteiger partial charge < -0.3 is 14.3 Å². The van der Waals surface area contributed by atoms with E-state index in [2.05, 4.69) is 15.3 Å². The fourth-order valence-corrected chi connectivity index (χ4v) is 7.01. The molecular formula is C25H33N4O4S+. The maximum Gasteiger partial charge on any atom is 0.344 e. The number of nitrogens with one attached hydrogen (secondary N) is 1. The molecule has 9 heteroatoms. The molecule has 4 aliphatic rings. The van der Waals surface area contributed by atoms with E-state index in [1.165, 1.54) is 11.3 Å². The molecule has 0 aromatic carbocycles. The predicted octanol–water partition coefficient (Wildman–Crippen LogP) is 3.10. The average Bonchev–Trinajstić information content (AvgIpc) is 3.40. The lowest BCUT2D eigenvalue weighted by atomic mass is 9.75. The van der Waals surface area contributed by atoms with E-state index in [-0.39, 0.29) is 23.8 Å². The summed E-state index contributed by atoms with van der Waals surface area (Å²) >= 11 is 1.42. The highest BCUT2D eigenvalue weighted by Crippen LogP contribution is 2.43. The number of nitrogens with zero attached hydrogens (tertiary/aromatic N) is 3. The molecule has 2 bridgehead atoms. The maximum atomic E-state index is 13.6. The van der Waals surface area contributed by atoms with Crippen LogP contribution in [0.25, 0.3) is 0 Å². The van der Waals surface area contributed by atoms with Crippen molar-refractivity contribution in [1.29, 1.82) is 0 Å². The Labute approximate surface area is 204 Å². The molecule has 1 unspecified atom stereocenters. The van der Waals surface area contributed by atoms with Crippen LogP contribution in [0, 0.1) is 11.8 Å². The number of carbonyl (C=O) groups excluding carboxylic acids is 2. The molecule has 3 saturated heterocycles. The summed E-state index contributed by atoms with van der Waals surface area (Å²) in [5.41, 5.74) is -1.59. The highest BCUT2D eigenvalue weighted by atomic mass is 32.1. The van der Waals surface area contributed by atoms with Crippen molar-refractivity contribution < 1.29 is 23.9 Å². The lowest BCUT2D eigenvalue weighted by Gasteiger charge is -2.52. The second kappa shape index (κ2) is 9.71. The number of carbonyl (C=O) groups is 2. The van der Waals surface area contributed by atoms with Gasteiger partial charge in [-0.1, -0.05) is 25.3 Å². The fraction of sp³-hybridized carbons (Fsp3) is 0.600. The fourth-order valence-electron chi connectivity index (χ4n) is 6.12. The van der Waals surface area contributed by atoms with Crippen molar-refractivity contribution in [2.24, 2.45) is 11.8 Å². The zero-order valence-electron chi connectivity index (χ0n) is 19.4. The third-order valence-electron chi connectivity index (χ3n) is 8.00. The Balaban J connectivity index is 1.29. The first-order chi connectivity index (χ1) is 16.5. The van der Waals surface area contributed by atoms with Crippen LogP contribution in [0.1, 0.15) is 49.8 Å². The normalized spacial score (nSPS) is 28.7. The second-order valence-electron chi connectivity index (χ2n) is 10.1. The summed E-state index contributed by atoms with van der Waals surface area (Å²) in [5, 5.41) is 16.5. The summed E-state index contributed by atoms with van der Waals surface area (Å²) in [6, 6.07) is 5.43. The first-order valence-corrected chi connectivity index (χ1v) is 13.3.